The van der Waals surface area contributed by atoms with Crippen molar-refractivity contribution >= 4 is 17.4 Å². The van der Waals surface area contributed by atoms with Crippen LogP contribution in [0.5, 0.6) is 5.75 Å². The standard InChI is InChI=1S/C18H17NO6/c1-11-5-4-6-15(17(11)19(22)23)18(21)25-10-14-9-13(12(2)20)7-8-16(14)24-3/h4-9H,10H2,1-3H3. The Labute approximate surface area is 144 Å². The summed E-state index contributed by atoms with van der Waals surface area (Å²) in [6.07, 6.45) is 0. The topological polar surface area (TPSA) is 95.7 Å². The van der Waals surface area contributed by atoms with Gasteiger partial charge in [-0.1, -0.05) is 12.1 Å². The zero-order valence-electron chi connectivity index (χ0n) is 14.1. The molecular weight excluding hydrogens is 326 g/mol. The molecule has 130 valence electrons. The van der Waals surface area contributed by atoms with Crippen molar-refractivity contribution in [2.24, 2.45) is 0 Å². The highest BCUT2D eigenvalue weighted by Crippen LogP contribution is 2.25. The lowest BCUT2D eigenvalue weighted by Gasteiger charge is -2.11. The lowest BCUT2D eigenvalue weighted by molar-refractivity contribution is -0.385. The maximum absolute atomic E-state index is 12.3. The third-order valence-corrected chi connectivity index (χ3v) is 3.69. The van der Waals surface area contributed by atoms with Crippen molar-refractivity contribution in [1.29, 1.82) is 0 Å². The number of benzene rings is 2. The Morgan fingerprint density at radius 1 is 1.20 bits per heavy atom. The summed E-state index contributed by atoms with van der Waals surface area (Å²) in [5, 5.41) is 11.2. The molecule has 0 radical (unpaired) electrons. The molecule has 0 aliphatic carbocycles. The van der Waals surface area contributed by atoms with Gasteiger partial charge >= 0.3 is 5.97 Å². The summed E-state index contributed by atoms with van der Waals surface area (Å²) >= 11 is 0. The first kappa shape index (κ1) is 18.1. The number of ether oxygens (including phenoxy) is 2. The number of hydrogen-bond acceptors (Lipinski definition) is 6. The summed E-state index contributed by atoms with van der Waals surface area (Å²) in [5.41, 5.74) is 0.923. The maximum Gasteiger partial charge on any atom is 0.345 e. The number of rotatable bonds is 6. The molecular formula is C18H17NO6. The van der Waals surface area contributed by atoms with Gasteiger partial charge in [0.1, 0.15) is 17.9 Å². The van der Waals surface area contributed by atoms with Gasteiger partial charge in [-0.15, -0.1) is 0 Å². The molecule has 0 unspecified atom stereocenters. The number of ketones is 1. The predicted molar refractivity (Wildman–Crippen MR) is 90.0 cm³/mol. The molecule has 0 aliphatic heterocycles. The van der Waals surface area contributed by atoms with E-state index < -0.39 is 10.9 Å². The van der Waals surface area contributed by atoms with Gasteiger partial charge in [-0.05, 0) is 38.1 Å². The highest BCUT2D eigenvalue weighted by molar-refractivity contribution is 5.95. The Balaban J connectivity index is 2.26. The molecule has 7 nitrogen and oxygen atoms in total. The molecule has 0 fully saturated rings. The lowest BCUT2D eigenvalue weighted by Crippen LogP contribution is -2.10. The highest BCUT2D eigenvalue weighted by Gasteiger charge is 2.24. The zero-order chi connectivity index (χ0) is 18.6. The van der Waals surface area contributed by atoms with Crippen molar-refractivity contribution in [1.82, 2.24) is 0 Å². The minimum Gasteiger partial charge on any atom is -0.496 e. The lowest BCUT2D eigenvalue weighted by atomic mass is 10.1. The Morgan fingerprint density at radius 3 is 2.52 bits per heavy atom. The summed E-state index contributed by atoms with van der Waals surface area (Å²) in [6.45, 7) is 2.80. The fraction of sp³-hybridized carbons (Fsp3) is 0.222. The first-order valence-corrected chi connectivity index (χ1v) is 7.44. The van der Waals surface area contributed by atoms with Crippen molar-refractivity contribution in [3.05, 3.63) is 68.8 Å². The first-order valence-electron chi connectivity index (χ1n) is 7.44. The van der Waals surface area contributed by atoms with Crippen LogP contribution in [0.25, 0.3) is 0 Å². The van der Waals surface area contributed by atoms with Crippen LogP contribution in [0.1, 0.15) is 38.8 Å². The molecule has 0 heterocycles. The minimum absolute atomic E-state index is 0.119. The average molecular weight is 343 g/mol. The molecule has 2 rings (SSSR count). The number of methoxy groups -OCH3 is 1. The van der Waals surface area contributed by atoms with Crippen molar-refractivity contribution in [2.75, 3.05) is 7.11 Å². The van der Waals surface area contributed by atoms with Gasteiger partial charge in [-0.2, -0.15) is 0 Å². The molecule has 0 amide bonds. The Kier molecular flexibility index (Phi) is 5.49. The summed E-state index contributed by atoms with van der Waals surface area (Å²) < 4.78 is 10.4. The smallest absolute Gasteiger partial charge is 0.345 e. The number of carbonyl (C=O) groups is 2. The van der Waals surface area contributed by atoms with Gasteiger partial charge in [0.2, 0.25) is 0 Å². The molecule has 0 aliphatic rings. The summed E-state index contributed by atoms with van der Waals surface area (Å²) in [4.78, 5) is 34.3. The van der Waals surface area contributed by atoms with E-state index in [1.807, 2.05) is 0 Å². The number of carbonyl (C=O) groups excluding carboxylic acids is 2. The molecule has 25 heavy (non-hydrogen) atoms. The summed E-state index contributed by atoms with van der Waals surface area (Å²) in [5.74, 6) is -0.494. The molecule has 0 atom stereocenters. The van der Waals surface area contributed by atoms with Crippen molar-refractivity contribution in [3.63, 3.8) is 0 Å². The van der Waals surface area contributed by atoms with Crippen LogP contribution < -0.4 is 4.74 Å². The van der Waals surface area contributed by atoms with Crippen molar-refractivity contribution in [2.45, 2.75) is 20.5 Å². The van der Waals surface area contributed by atoms with Crippen LogP contribution in [0.15, 0.2) is 36.4 Å². The number of aryl methyl sites for hydroxylation is 1. The van der Waals surface area contributed by atoms with Crippen LogP contribution in [0, 0.1) is 17.0 Å². The van der Waals surface area contributed by atoms with Crippen LogP contribution in [0.2, 0.25) is 0 Å². The highest BCUT2D eigenvalue weighted by atomic mass is 16.6. The zero-order valence-corrected chi connectivity index (χ0v) is 14.1. The van der Waals surface area contributed by atoms with Crippen LogP contribution >= 0.6 is 0 Å². The van der Waals surface area contributed by atoms with Crippen molar-refractivity contribution in [3.8, 4) is 5.75 Å². The SMILES string of the molecule is COc1ccc(C(C)=O)cc1COC(=O)c1cccc(C)c1[N+](=O)[O-]. The fourth-order valence-electron chi connectivity index (χ4n) is 2.40. The van der Waals surface area contributed by atoms with E-state index in [0.29, 0.717) is 22.4 Å². The molecule has 0 saturated carbocycles. The van der Waals surface area contributed by atoms with Crippen LogP contribution in [0.4, 0.5) is 5.69 Å². The van der Waals surface area contributed by atoms with Gasteiger partial charge < -0.3 is 9.47 Å². The number of nitro benzene ring substituents is 1. The molecule has 2 aromatic carbocycles. The van der Waals surface area contributed by atoms with E-state index in [1.165, 1.54) is 20.1 Å². The Morgan fingerprint density at radius 2 is 1.92 bits per heavy atom. The third-order valence-electron chi connectivity index (χ3n) is 3.69. The van der Waals surface area contributed by atoms with E-state index in [2.05, 4.69) is 0 Å². The second kappa shape index (κ2) is 7.57. The van der Waals surface area contributed by atoms with Gasteiger partial charge in [0.05, 0.1) is 12.0 Å². The Bertz CT molecular complexity index is 843. The molecule has 2 aromatic rings. The molecule has 0 aromatic heterocycles. The van der Waals surface area contributed by atoms with Crippen LogP contribution in [-0.2, 0) is 11.3 Å². The van der Waals surface area contributed by atoms with E-state index in [0.717, 1.165) is 0 Å². The van der Waals surface area contributed by atoms with Gasteiger partial charge in [0.25, 0.3) is 5.69 Å². The average Bonchev–Trinajstić information content (AvgIpc) is 2.58. The molecule has 0 N–H and O–H groups in total. The fourth-order valence-corrected chi connectivity index (χ4v) is 2.40. The van der Waals surface area contributed by atoms with Crippen LogP contribution in [0.3, 0.4) is 0 Å². The van der Waals surface area contributed by atoms with Gasteiger partial charge in [-0.3, -0.25) is 14.9 Å². The summed E-state index contributed by atoms with van der Waals surface area (Å²) in [7, 11) is 1.46. The quantitative estimate of drug-likeness (QED) is 0.345. The normalized spacial score (nSPS) is 10.2. The van der Waals surface area contributed by atoms with Gasteiger partial charge in [0, 0.05) is 16.7 Å². The second-order valence-corrected chi connectivity index (χ2v) is 5.39. The van der Waals surface area contributed by atoms with E-state index in [-0.39, 0.29) is 23.6 Å². The number of hydrogen-bond donors (Lipinski definition) is 0. The molecule has 7 heteroatoms. The number of para-hydroxylation sites is 1. The molecule has 0 spiro atoms. The monoisotopic (exact) mass is 343 g/mol. The van der Waals surface area contributed by atoms with E-state index >= 15 is 0 Å². The van der Waals surface area contributed by atoms with Gasteiger partial charge in [-0.25, -0.2) is 4.79 Å². The molecule has 0 saturated heterocycles. The van der Waals surface area contributed by atoms with E-state index in [9.17, 15) is 19.7 Å². The second-order valence-electron chi connectivity index (χ2n) is 5.39. The number of esters is 1. The number of nitrogens with zero attached hydrogens (tertiary/aromatic N) is 1. The number of Topliss-reactive ketones (excluding diaryl/α,β-unsaturated/α-hetero) is 1. The first-order chi connectivity index (χ1) is 11.8. The third kappa shape index (κ3) is 4.00. The molecule has 0 bridgehead atoms. The van der Waals surface area contributed by atoms with Crippen LogP contribution in [-0.4, -0.2) is 23.8 Å². The number of nitro groups is 1. The predicted octanol–water partition coefficient (Wildman–Crippen LogP) is 3.47. The largest absolute Gasteiger partial charge is 0.496 e. The van der Waals surface area contributed by atoms with Gasteiger partial charge in [0.15, 0.2) is 5.78 Å². The van der Waals surface area contributed by atoms with Crippen molar-refractivity contribution < 1.29 is 24.0 Å². The van der Waals surface area contributed by atoms with E-state index in [4.69, 9.17) is 9.47 Å². The van der Waals surface area contributed by atoms with E-state index in [1.54, 1.807) is 37.3 Å². The minimum atomic E-state index is -0.814. The Hall–Kier alpha value is -3.22. The maximum atomic E-state index is 12.3. The summed E-state index contributed by atoms with van der Waals surface area (Å²) in [6, 6.07) is 9.23.